The maximum absolute atomic E-state index is 14.8. The van der Waals surface area contributed by atoms with Crippen LogP contribution in [-0.4, -0.2) is 24.2 Å². The maximum Gasteiger partial charge on any atom is 0.222 e. The molecule has 0 fully saturated rings. The topological polar surface area (TPSA) is 77.0 Å². The van der Waals surface area contributed by atoms with E-state index in [1.165, 1.54) is 24.4 Å². The van der Waals surface area contributed by atoms with Crippen LogP contribution in [0, 0.1) is 17.5 Å². The van der Waals surface area contributed by atoms with Crippen LogP contribution in [0.3, 0.4) is 0 Å². The van der Waals surface area contributed by atoms with Crippen LogP contribution < -0.4 is 0 Å². The molecular weight excluding hydrogens is 429 g/mol. The Morgan fingerprint density at radius 3 is 2.31 bits per heavy atom. The highest BCUT2D eigenvalue weighted by atomic mass is 35.5. The van der Waals surface area contributed by atoms with E-state index in [4.69, 9.17) is 11.6 Å². The summed E-state index contributed by atoms with van der Waals surface area (Å²) in [6.45, 7) is 0. The van der Waals surface area contributed by atoms with E-state index in [9.17, 15) is 26.4 Å². The van der Waals surface area contributed by atoms with E-state index in [0.717, 1.165) is 24.3 Å². The summed E-state index contributed by atoms with van der Waals surface area (Å²) in [7, 11) is -4.54. The fourth-order valence-electron chi connectivity index (χ4n) is 2.69. The number of rotatable bonds is 6. The number of carbonyl (C=O) groups is 1. The molecule has 0 amide bonds. The molecule has 0 aliphatic rings. The fraction of sp³-hybridized carbons (Fsp3) is 0.105. The molecule has 3 rings (SSSR count). The molecule has 0 unspecified atom stereocenters. The van der Waals surface area contributed by atoms with Crippen molar-refractivity contribution in [2.24, 2.45) is 0 Å². The van der Waals surface area contributed by atoms with Crippen molar-refractivity contribution in [2.45, 2.75) is 17.1 Å². The number of hydrogen-bond acceptors (Lipinski definition) is 5. The van der Waals surface area contributed by atoms with Crippen molar-refractivity contribution in [3.8, 4) is 0 Å². The number of carbonyl (C=O) groups excluding carboxylic acids is 1. The Bertz CT molecular complexity index is 1180. The van der Waals surface area contributed by atoms with Gasteiger partial charge in [0.25, 0.3) is 0 Å². The number of hydrogen-bond donors (Lipinski definition) is 0. The zero-order valence-corrected chi connectivity index (χ0v) is 16.1. The van der Waals surface area contributed by atoms with E-state index in [2.05, 4.69) is 9.97 Å². The number of ketones is 1. The fourth-order valence-corrected chi connectivity index (χ4v) is 4.36. The molecule has 0 radical (unpaired) electrons. The second kappa shape index (κ2) is 8.30. The van der Waals surface area contributed by atoms with Gasteiger partial charge in [0.05, 0.1) is 23.4 Å². The number of sulfone groups is 1. The SMILES string of the molecule is O=C(Cc1ccnc(Cl)n1)c1cccc(CS(=O)(=O)c2c(F)cccc2F)c1F. The first-order valence-electron chi connectivity index (χ1n) is 8.14. The Morgan fingerprint density at radius 1 is 1.00 bits per heavy atom. The molecule has 0 spiro atoms. The average molecular weight is 441 g/mol. The third kappa shape index (κ3) is 4.63. The van der Waals surface area contributed by atoms with Gasteiger partial charge in [-0.1, -0.05) is 18.2 Å². The second-order valence-electron chi connectivity index (χ2n) is 6.01. The second-order valence-corrected chi connectivity index (χ2v) is 8.27. The summed E-state index contributed by atoms with van der Waals surface area (Å²) < 4.78 is 67.4. The zero-order chi connectivity index (χ0) is 21.2. The maximum atomic E-state index is 14.8. The number of aromatic nitrogens is 2. The summed E-state index contributed by atoms with van der Waals surface area (Å²) in [5.41, 5.74) is -0.512. The van der Waals surface area contributed by atoms with Gasteiger partial charge in [0.1, 0.15) is 22.3 Å². The standard InChI is InChI=1S/C19H12ClF3N2O3S/c20-19-24-8-7-12(25-19)9-16(26)13-4-1-3-11(17(13)23)10-29(27,28)18-14(21)5-2-6-15(18)22/h1-8H,9-10H2. The van der Waals surface area contributed by atoms with Crippen LogP contribution in [0.4, 0.5) is 13.2 Å². The van der Waals surface area contributed by atoms with Gasteiger partial charge in [-0.25, -0.2) is 31.6 Å². The highest BCUT2D eigenvalue weighted by Gasteiger charge is 2.26. The lowest BCUT2D eigenvalue weighted by molar-refractivity contribution is 0.0988. The predicted molar refractivity (Wildman–Crippen MR) is 98.7 cm³/mol. The van der Waals surface area contributed by atoms with E-state index >= 15 is 0 Å². The lowest BCUT2D eigenvalue weighted by Gasteiger charge is -2.10. The van der Waals surface area contributed by atoms with Gasteiger partial charge in [0, 0.05) is 11.8 Å². The first-order chi connectivity index (χ1) is 13.7. The van der Waals surface area contributed by atoms with Gasteiger partial charge in [0.2, 0.25) is 5.28 Å². The average Bonchev–Trinajstić information content (AvgIpc) is 2.63. The molecule has 1 aromatic heterocycles. The minimum atomic E-state index is -4.54. The van der Waals surface area contributed by atoms with E-state index in [-0.39, 0.29) is 28.5 Å². The van der Waals surface area contributed by atoms with E-state index in [0.29, 0.717) is 0 Å². The lowest BCUT2D eigenvalue weighted by atomic mass is 10.0. The Labute approximate surface area is 169 Å². The summed E-state index contributed by atoms with van der Waals surface area (Å²) in [6.07, 6.45) is 1.04. The summed E-state index contributed by atoms with van der Waals surface area (Å²) in [5.74, 6) is -5.33. The molecule has 0 bridgehead atoms. The smallest absolute Gasteiger partial charge is 0.222 e. The number of halogens is 4. The van der Waals surface area contributed by atoms with Gasteiger partial charge in [-0.05, 0) is 35.9 Å². The first kappa shape index (κ1) is 20.9. The van der Waals surface area contributed by atoms with Crippen LogP contribution >= 0.6 is 11.6 Å². The highest BCUT2D eigenvalue weighted by molar-refractivity contribution is 7.90. The molecule has 0 atom stereocenters. The van der Waals surface area contributed by atoms with Crippen LogP contribution in [0.2, 0.25) is 5.28 Å². The number of nitrogens with zero attached hydrogens (tertiary/aromatic N) is 2. The van der Waals surface area contributed by atoms with Crippen molar-refractivity contribution in [1.29, 1.82) is 0 Å². The summed E-state index contributed by atoms with van der Waals surface area (Å²) in [4.78, 5) is 18.8. The van der Waals surface area contributed by atoms with Crippen molar-refractivity contribution >= 4 is 27.2 Å². The van der Waals surface area contributed by atoms with Crippen LogP contribution in [0.15, 0.2) is 53.6 Å². The van der Waals surface area contributed by atoms with Gasteiger partial charge >= 0.3 is 0 Å². The van der Waals surface area contributed by atoms with E-state index in [1.807, 2.05) is 0 Å². The molecule has 0 aliphatic carbocycles. The molecule has 0 saturated carbocycles. The van der Waals surface area contributed by atoms with Crippen LogP contribution in [0.5, 0.6) is 0 Å². The number of Topliss-reactive ketones (excluding diaryl/α,β-unsaturated/α-hetero) is 1. The molecule has 1 heterocycles. The third-order valence-corrected chi connectivity index (χ3v) is 5.87. The van der Waals surface area contributed by atoms with E-state index in [1.54, 1.807) is 0 Å². The molecule has 0 aliphatic heterocycles. The van der Waals surface area contributed by atoms with Crippen molar-refractivity contribution < 1.29 is 26.4 Å². The molecule has 3 aromatic rings. The molecular formula is C19H12ClF3N2O3S. The Hall–Kier alpha value is -2.78. The molecule has 29 heavy (non-hydrogen) atoms. The van der Waals surface area contributed by atoms with Gasteiger partial charge in [-0.2, -0.15) is 0 Å². The lowest BCUT2D eigenvalue weighted by Crippen LogP contribution is -2.13. The Balaban J connectivity index is 1.92. The third-order valence-electron chi connectivity index (χ3n) is 3.98. The summed E-state index contributed by atoms with van der Waals surface area (Å²) >= 11 is 5.65. The van der Waals surface area contributed by atoms with Crippen molar-refractivity contribution in [3.05, 3.63) is 88.2 Å². The van der Waals surface area contributed by atoms with Gasteiger partial charge in [0.15, 0.2) is 15.6 Å². The monoisotopic (exact) mass is 440 g/mol. The Kier molecular flexibility index (Phi) is 5.99. The van der Waals surface area contributed by atoms with Crippen molar-refractivity contribution in [1.82, 2.24) is 9.97 Å². The largest absolute Gasteiger partial charge is 0.294 e. The first-order valence-corrected chi connectivity index (χ1v) is 10.2. The molecule has 10 heteroatoms. The predicted octanol–water partition coefficient (Wildman–Crippen LogP) is 3.95. The molecule has 2 aromatic carbocycles. The van der Waals surface area contributed by atoms with Gasteiger partial charge in [-0.3, -0.25) is 4.79 Å². The van der Waals surface area contributed by atoms with E-state index < -0.39 is 43.7 Å². The number of benzene rings is 2. The molecule has 0 N–H and O–H groups in total. The molecule has 0 saturated heterocycles. The van der Waals surface area contributed by atoms with Crippen molar-refractivity contribution in [3.63, 3.8) is 0 Å². The minimum absolute atomic E-state index is 0.0810. The van der Waals surface area contributed by atoms with Crippen LogP contribution in [0.1, 0.15) is 21.6 Å². The normalized spacial score (nSPS) is 11.4. The summed E-state index contributed by atoms with van der Waals surface area (Å²) in [6, 6.07) is 7.62. The van der Waals surface area contributed by atoms with Crippen LogP contribution in [-0.2, 0) is 22.0 Å². The zero-order valence-electron chi connectivity index (χ0n) is 14.6. The van der Waals surface area contributed by atoms with Crippen molar-refractivity contribution in [2.75, 3.05) is 0 Å². The molecule has 150 valence electrons. The highest BCUT2D eigenvalue weighted by Crippen LogP contribution is 2.25. The van der Waals surface area contributed by atoms with Gasteiger partial charge in [-0.15, -0.1) is 0 Å². The summed E-state index contributed by atoms with van der Waals surface area (Å²) in [5, 5.41) is -0.0810. The van der Waals surface area contributed by atoms with Gasteiger partial charge < -0.3 is 0 Å². The molecule has 5 nitrogen and oxygen atoms in total. The quantitative estimate of drug-likeness (QED) is 0.428. The van der Waals surface area contributed by atoms with Crippen LogP contribution in [0.25, 0.3) is 0 Å². The Morgan fingerprint density at radius 2 is 1.66 bits per heavy atom. The minimum Gasteiger partial charge on any atom is -0.294 e.